The van der Waals surface area contributed by atoms with Crippen LogP contribution >= 0.6 is 0 Å². The van der Waals surface area contributed by atoms with Crippen LogP contribution in [0.15, 0.2) is 12.1 Å². The van der Waals surface area contributed by atoms with Gasteiger partial charge in [-0.3, -0.25) is 0 Å². The van der Waals surface area contributed by atoms with Crippen LogP contribution in [-0.4, -0.2) is 23.4 Å². The van der Waals surface area contributed by atoms with Gasteiger partial charge in [-0.1, -0.05) is 19.4 Å². The molecule has 0 saturated heterocycles. The average Bonchev–Trinajstić information content (AvgIpc) is 2.34. The van der Waals surface area contributed by atoms with E-state index in [1.165, 1.54) is 5.56 Å². The molecule has 18 heavy (non-hydrogen) atoms. The first-order valence-electron chi connectivity index (χ1n) is 6.69. The van der Waals surface area contributed by atoms with Crippen LogP contribution in [0.25, 0.3) is 0 Å². The summed E-state index contributed by atoms with van der Waals surface area (Å²) < 4.78 is 0. The Hall–Kier alpha value is -1.06. The fourth-order valence-corrected chi connectivity index (χ4v) is 2.05. The molecular weight excluding hydrogens is 226 g/mol. The maximum atomic E-state index is 9.86. The number of aliphatic hydroxyl groups excluding tert-OH is 1. The minimum Gasteiger partial charge on any atom is -0.508 e. The van der Waals surface area contributed by atoms with Gasteiger partial charge in [-0.2, -0.15) is 0 Å². The van der Waals surface area contributed by atoms with Gasteiger partial charge in [0.15, 0.2) is 0 Å². The van der Waals surface area contributed by atoms with Crippen molar-refractivity contribution in [2.45, 2.75) is 40.2 Å². The molecule has 0 spiro atoms. The van der Waals surface area contributed by atoms with Crippen molar-refractivity contribution in [3.8, 4) is 5.75 Å². The van der Waals surface area contributed by atoms with E-state index in [4.69, 9.17) is 5.11 Å². The number of benzene rings is 1. The molecule has 0 radical (unpaired) electrons. The molecule has 0 aliphatic rings. The molecule has 1 aromatic rings. The standard InChI is InChI=1S/C15H25NO2/c1-4-13(5-6-17)9-16-10-14-7-11(2)12(3)8-15(14)18/h7-8,13,16-18H,4-6,9-10H2,1-3H3. The average molecular weight is 251 g/mol. The topological polar surface area (TPSA) is 52.5 Å². The lowest BCUT2D eigenvalue weighted by atomic mass is 10.0. The van der Waals surface area contributed by atoms with E-state index < -0.39 is 0 Å². The first-order valence-corrected chi connectivity index (χ1v) is 6.69. The second kappa shape index (κ2) is 7.39. The van der Waals surface area contributed by atoms with E-state index in [-0.39, 0.29) is 6.61 Å². The molecule has 0 heterocycles. The van der Waals surface area contributed by atoms with Crippen molar-refractivity contribution in [2.75, 3.05) is 13.2 Å². The molecule has 3 nitrogen and oxygen atoms in total. The number of hydrogen-bond donors (Lipinski definition) is 3. The number of phenols is 1. The van der Waals surface area contributed by atoms with E-state index in [0.717, 1.165) is 30.5 Å². The largest absolute Gasteiger partial charge is 0.508 e. The number of aromatic hydroxyl groups is 1. The van der Waals surface area contributed by atoms with E-state index in [2.05, 4.69) is 19.2 Å². The predicted molar refractivity (Wildman–Crippen MR) is 74.8 cm³/mol. The smallest absolute Gasteiger partial charge is 0.120 e. The van der Waals surface area contributed by atoms with Crippen LogP contribution in [-0.2, 0) is 6.54 Å². The summed E-state index contributed by atoms with van der Waals surface area (Å²) in [5, 5.41) is 22.1. The Balaban J connectivity index is 2.51. The van der Waals surface area contributed by atoms with Gasteiger partial charge >= 0.3 is 0 Å². The molecule has 0 aliphatic carbocycles. The number of aliphatic hydroxyl groups is 1. The second-order valence-corrected chi connectivity index (χ2v) is 4.98. The Bertz CT molecular complexity index is 377. The van der Waals surface area contributed by atoms with E-state index >= 15 is 0 Å². The molecule has 3 heteroatoms. The molecule has 1 unspecified atom stereocenters. The lowest BCUT2D eigenvalue weighted by molar-refractivity contribution is 0.251. The fourth-order valence-electron chi connectivity index (χ4n) is 2.05. The third-order valence-corrected chi connectivity index (χ3v) is 3.56. The molecule has 102 valence electrons. The molecule has 0 amide bonds. The van der Waals surface area contributed by atoms with E-state index in [9.17, 15) is 5.11 Å². The highest BCUT2D eigenvalue weighted by molar-refractivity contribution is 5.40. The molecule has 0 fully saturated rings. The minimum atomic E-state index is 0.245. The van der Waals surface area contributed by atoms with Crippen molar-refractivity contribution in [3.05, 3.63) is 28.8 Å². The molecular formula is C15H25NO2. The van der Waals surface area contributed by atoms with Crippen LogP contribution in [0.4, 0.5) is 0 Å². The predicted octanol–water partition coefficient (Wildman–Crippen LogP) is 2.51. The van der Waals surface area contributed by atoms with Gasteiger partial charge in [0.05, 0.1) is 0 Å². The quantitative estimate of drug-likeness (QED) is 0.698. The highest BCUT2D eigenvalue weighted by atomic mass is 16.3. The van der Waals surface area contributed by atoms with Crippen LogP contribution in [0.5, 0.6) is 5.75 Å². The normalized spacial score (nSPS) is 12.7. The first-order chi connectivity index (χ1) is 8.58. The molecule has 0 aromatic heterocycles. The summed E-state index contributed by atoms with van der Waals surface area (Å²) in [7, 11) is 0. The number of hydrogen-bond acceptors (Lipinski definition) is 3. The number of phenolic OH excluding ortho intramolecular Hbond substituents is 1. The lowest BCUT2D eigenvalue weighted by Crippen LogP contribution is -2.23. The van der Waals surface area contributed by atoms with Crippen LogP contribution < -0.4 is 5.32 Å². The van der Waals surface area contributed by atoms with E-state index in [1.54, 1.807) is 0 Å². The van der Waals surface area contributed by atoms with Gasteiger partial charge in [0.1, 0.15) is 5.75 Å². The van der Waals surface area contributed by atoms with Crippen molar-refractivity contribution in [1.82, 2.24) is 5.32 Å². The Morgan fingerprint density at radius 3 is 2.50 bits per heavy atom. The summed E-state index contributed by atoms with van der Waals surface area (Å²) in [6.45, 7) is 7.99. The highest BCUT2D eigenvalue weighted by Gasteiger charge is 2.07. The molecule has 0 bridgehead atoms. The maximum absolute atomic E-state index is 9.86. The molecule has 1 aromatic carbocycles. The third kappa shape index (κ3) is 4.31. The van der Waals surface area contributed by atoms with Crippen molar-refractivity contribution in [1.29, 1.82) is 0 Å². The van der Waals surface area contributed by atoms with Gasteiger partial charge in [-0.15, -0.1) is 0 Å². The van der Waals surface area contributed by atoms with Gasteiger partial charge in [0.25, 0.3) is 0 Å². The van der Waals surface area contributed by atoms with Crippen LogP contribution in [0, 0.1) is 19.8 Å². The van der Waals surface area contributed by atoms with Crippen molar-refractivity contribution >= 4 is 0 Å². The fraction of sp³-hybridized carbons (Fsp3) is 0.600. The number of nitrogens with one attached hydrogen (secondary N) is 1. The van der Waals surface area contributed by atoms with Crippen molar-refractivity contribution in [3.63, 3.8) is 0 Å². The molecule has 0 saturated carbocycles. The zero-order valence-corrected chi connectivity index (χ0v) is 11.7. The molecule has 0 aliphatic heterocycles. The summed E-state index contributed by atoms with van der Waals surface area (Å²) in [6, 6.07) is 3.85. The molecule has 1 rings (SSSR count). The highest BCUT2D eigenvalue weighted by Crippen LogP contribution is 2.21. The van der Waals surface area contributed by atoms with E-state index in [1.807, 2.05) is 19.1 Å². The van der Waals surface area contributed by atoms with Crippen LogP contribution in [0.3, 0.4) is 0 Å². The van der Waals surface area contributed by atoms with Gasteiger partial charge in [-0.25, -0.2) is 0 Å². The third-order valence-electron chi connectivity index (χ3n) is 3.56. The number of rotatable bonds is 7. The van der Waals surface area contributed by atoms with Gasteiger partial charge in [0.2, 0.25) is 0 Å². The second-order valence-electron chi connectivity index (χ2n) is 4.98. The zero-order chi connectivity index (χ0) is 13.5. The number of aryl methyl sites for hydroxylation is 2. The van der Waals surface area contributed by atoms with Crippen molar-refractivity contribution in [2.24, 2.45) is 5.92 Å². The SMILES string of the molecule is CCC(CCO)CNCc1cc(C)c(C)cc1O. The first kappa shape index (κ1) is 15.0. The maximum Gasteiger partial charge on any atom is 0.120 e. The Morgan fingerprint density at radius 1 is 1.22 bits per heavy atom. The van der Waals surface area contributed by atoms with E-state index in [0.29, 0.717) is 18.2 Å². The monoisotopic (exact) mass is 251 g/mol. The summed E-state index contributed by atoms with van der Waals surface area (Å²) in [5.74, 6) is 0.865. The summed E-state index contributed by atoms with van der Waals surface area (Å²) in [4.78, 5) is 0. The zero-order valence-electron chi connectivity index (χ0n) is 11.7. The molecule has 3 N–H and O–H groups in total. The summed E-state index contributed by atoms with van der Waals surface area (Å²) in [6.07, 6.45) is 1.90. The Kier molecular flexibility index (Phi) is 6.16. The van der Waals surface area contributed by atoms with Crippen LogP contribution in [0.1, 0.15) is 36.5 Å². The minimum absolute atomic E-state index is 0.245. The summed E-state index contributed by atoms with van der Waals surface area (Å²) >= 11 is 0. The summed E-state index contributed by atoms with van der Waals surface area (Å²) in [5.41, 5.74) is 3.26. The van der Waals surface area contributed by atoms with Gasteiger partial charge in [-0.05, 0) is 49.9 Å². The van der Waals surface area contributed by atoms with Crippen molar-refractivity contribution < 1.29 is 10.2 Å². The van der Waals surface area contributed by atoms with Crippen LogP contribution in [0.2, 0.25) is 0 Å². The molecule has 1 atom stereocenters. The Labute approximate surface area is 110 Å². The Morgan fingerprint density at radius 2 is 1.89 bits per heavy atom. The van der Waals surface area contributed by atoms with Gasteiger partial charge in [0, 0.05) is 18.7 Å². The lowest BCUT2D eigenvalue weighted by Gasteiger charge is -2.15. The van der Waals surface area contributed by atoms with Gasteiger partial charge < -0.3 is 15.5 Å².